The summed E-state index contributed by atoms with van der Waals surface area (Å²) in [7, 11) is -3.35. The molecule has 0 saturated carbocycles. The van der Waals surface area contributed by atoms with Crippen molar-refractivity contribution < 1.29 is 45.4 Å². The molecule has 1 aromatic rings. The zero-order chi connectivity index (χ0) is 23.4. The summed E-state index contributed by atoms with van der Waals surface area (Å²) in [6, 6.07) is 7.66. The number of halogens is 5. The molecule has 1 atom stereocenters. The van der Waals surface area contributed by atoms with Crippen LogP contribution in [-0.4, -0.2) is 44.6 Å². The monoisotopic (exact) mass is 456 g/mol. The molecule has 0 saturated heterocycles. The minimum atomic E-state index is -6.28. The maximum Gasteiger partial charge on any atom is 0.457 e. The maximum absolute atomic E-state index is 14.7. The Labute approximate surface area is 172 Å². The van der Waals surface area contributed by atoms with Crippen LogP contribution in [0.1, 0.15) is 19.4 Å². The van der Waals surface area contributed by atoms with Crippen LogP contribution < -0.4 is 0 Å². The fraction of sp³-hybridized carbons (Fsp3) is 0.579. The largest absolute Gasteiger partial charge is 0.463 e. The molecule has 0 aliphatic carbocycles. The van der Waals surface area contributed by atoms with Crippen LogP contribution >= 0.6 is 0 Å². The van der Waals surface area contributed by atoms with E-state index in [0.717, 1.165) is 0 Å². The van der Waals surface area contributed by atoms with Gasteiger partial charge in [-0.2, -0.15) is 22.0 Å². The Hall–Kier alpha value is -2.01. The van der Waals surface area contributed by atoms with Crippen LogP contribution in [0, 0.1) is 5.92 Å². The minimum absolute atomic E-state index is 0.318. The van der Waals surface area contributed by atoms with Gasteiger partial charge in [0.15, 0.2) is 8.32 Å². The van der Waals surface area contributed by atoms with Gasteiger partial charge in [0.05, 0.1) is 6.61 Å². The summed E-state index contributed by atoms with van der Waals surface area (Å²) in [4.78, 5) is 25.3. The van der Waals surface area contributed by atoms with E-state index in [1.165, 1.54) is 31.8 Å². The Morgan fingerprint density at radius 1 is 0.933 bits per heavy atom. The van der Waals surface area contributed by atoms with Crippen LogP contribution in [0.3, 0.4) is 0 Å². The van der Waals surface area contributed by atoms with E-state index in [2.05, 4.69) is 4.74 Å². The molecule has 1 aromatic carbocycles. The standard InChI is InChI=1S/C19H25F5O5Si/c1-13(2)11-27-15(25)17(29-30(3,4)5,18(20,21)19(22,23)24)16(26)28-12-14-9-7-6-8-10-14/h6-10,13H,11-12H2,1-5H3. The molecule has 30 heavy (non-hydrogen) atoms. The molecule has 1 rings (SSSR count). The first-order chi connectivity index (χ1) is 13.5. The highest BCUT2D eigenvalue weighted by Gasteiger charge is 2.80. The van der Waals surface area contributed by atoms with Crippen molar-refractivity contribution in [3.8, 4) is 0 Å². The van der Waals surface area contributed by atoms with Gasteiger partial charge in [0.1, 0.15) is 6.61 Å². The zero-order valence-corrected chi connectivity index (χ0v) is 18.3. The van der Waals surface area contributed by atoms with Crippen LogP contribution in [0.25, 0.3) is 0 Å². The first kappa shape index (κ1) is 26.0. The number of carbonyl (C=O) groups excluding carboxylic acids is 2. The van der Waals surface area contributed by atoms with Crippen LogP contribution in [0.15, 0.2) is 30.3 Å². The first-order valence-electron chi connectivity index (χ1n) is 9.07. The second-order valence-electron chi connectivity index (χ2n) is 8.02. The van der Waals surface area contributed by atoms with Gasteiger partial charge in [-0.1, -0.05) is 44.2 Å². The summed E-state index contributed by atoms with van der Waals surface area (Å²) in [6.45, 7) is 5.74. The molecule has 0 spiro atoms. The highest BCUT2D eigenvalue weighted by molar-refractivity contribution is 6.70. The van der Waals surface area contributed by atoms with Gasteiger partial charge in [-0.15, -0.1) is 0 Å². The molecule has 0 aliphatic rings. The Kier molecular flexibility index (Phi) is 8.17. The second-order valence-corrected chi connectivity index (χ2v) is 12.5. The quantitative estimate of drug-likeness (QED) is 0.233. The molecule has 1 unspecified atom stereocenters. The van der Waals surface area contributed by atoms with Crippen LogP contribution in [0.2, 0.25) is 19.6 Å². The highest BCUT2D eigenvalue weighted by atomic mass is 28.4. The SMILES string of the molecule is CC(C)COC(=O)C(O[Si](C)(C)C)(C(=O)OCc1ccccc1)C(F)(F)C(F)(F)F. The molecular formula is C19H25F5O5Si. The number of alkyl halides is 5. The van der Waals surface area contributed by atoms with Gasteiger partial charge in [-0.05, 0) is 31.1 Å². The fourth-order valence-electron chi connectivity index (χ4n) is 2.31. The van der Waals surface area contributed by atoms with Gasteiger partial charge in [-0.3, -0.25) is 0 Å². The second kappa shape index (κ2) is 9.42. The van der Waals surface area contributed by atoms with E-state index in [4.69, 9.17) is 9.16 Å². The summed E-state index contributed by atoms with van der Waals surface area (Å²) in [6.07, 6.45) is -6.28. The Balaban J connectivity index is 3.50. The number of hydrogen-bond acceptors (Lipinski definition) is 5. The fourth-order valence-corrected chi connectivity index (χ4v) is 3.53. The number of esters is 2. The van der Waals surface area contributed by atoms with Crippen LogP contribution in [-0.2, 0) is 30.1 Å². The lowest BCUT2D eigenvalue weighted by Crippen LogP contribution is -2.70. The van der Waals surface area contributed by atoms with Gasteiger partial charge < -0.3 is 13.9 Å². The lowest BCUT2D eigenvalue weighted by Gasteiger charge is -2.40. The predicted octanol–water partition coefficient (Wildman–Crippen LogP) is 4.72. The van der Waals surface area contributed by atoms with E-state index < -0.39 is 57.1 Å². The zero-order valence-electron chi connectivity index (χ0n) is 17.3. The molecule has 0 aromatic heterocycles. The van der Waals surface area contributed by atoms with Crippen molar-refractivity contribution in [2.75, 3.05) is 6.61 Å². The number of rotatable bonds is 9. The molecule has 0 radical (unpaired) electrons. The predicted molar refractivity (Wildman–Crippen MR) is 100 cm³/mol. The van der Waals surface area contributed by atoms with Gasteiger partial charge in [0.2, 0.25) is 0 Å². The summed E-state index contributed by atoms with van der Waals surface area (Å²) >= 11 is 0. The van der Waals surface area contributed by atoms with Crippen molar-refractivity contribution in [1.82, 2.24) is 0 Å². The minimum Gasteiger partial charge on any atom is -0.463 e. The molecule has 0 N–H and O–H groups in total. The molecule has 0 heterocycles. The van der Waals surface area contributed by atoms with Gasteiger partial charge in [0.25, 0.3) is 0 Å². The summed E-state index contributed by atoms with van der Waals surface area (Å²) in [5.41, 5.74) is -4.00. The van der Waals surface area contributed by atoms with Crippen LogP contribution in [0.4, 0.5) is 22.0 Å². The topological polar surface area (TPSA) is 61.8 Å². The molecule has 0 bridgehead atoms. The van der Waals surface area contributed by atoms with Crippen molar-refractivity contribution in [2.45, 2.75) is 57.8 Å². The van der Waals surface area contributed by atoms with Gasteiger partial charge in [0, 0.05) is 0 Å². The molecule has 170 valence electrons. The van der Waals surface area contributed by atoms with E-state index >= 15 is 0 Å². The van der Waals surface area contributed by atoms with Gasteiger partial charge >= 0.3 is 29.6 Å². The Morgan fingerprint density at radius 2 is 1.43 bits per heavy atom. The maximum atomic E-state index is 14.7. The van der Waals surface area contributed by atoms with E-state index in [1.807, 2.05) is 0 Å². The number of benzene rings is 1. The Bertz CT molecular complexity index is 731. The third-order valence-electron chi connectivity index (χ3n) is 3.59. The lowest BCUT2D eigenvalue weighted by atomic mass is 9.94. The molecule has 0 fully saturated rings. The molecule has 0 aliphatic heterocycles. The van der Waals surface area contributed by atoms with E-state index in [9.17, 15) is 31.5 Å². The third-order valence-corrected chi connectivity index (χ3v) is 4.51. The van der Waals surface area contributed by atoms with E-state index in [-0.39, 0.29) is 0 Å². The van der Waals surface area contributed by atoms with E-state index in [0.29, 0.717) is 5.56 Å². The van der Waals surface area contributed by atoms with E-state index in [1.54, 1.807) is 32.0 Å². The smallest absolute Gasteiger partial charge is 0.457 e. The average Bonchev–Trinajstić information content (AvgIpc) is 2.61. The van der Waals surface area contributed by atoms with Crippen molar-refractivity contribution in [2.24, 2.45) is 5.92 Å². The molecule has 0 amide bonds. The normalized spacial score (nSPS) is 14.9. The average molecular weight is 456 g/mol. The molecule has 5 nitrogen and oxygen atoms in total. The first-order valence-corrected chi connectivity index (χ1v) is 12.5. The summed E-state index contributed by atoms with van der Waals surface area (Å²) in [5.74, 6) is -10.6. The molecule has 11 heteroatoms. The highest BCUT2D eigenvalue weighted by Crippen LogP contribution is 2.48. The van der Waals surface area contributed by atoms with Crippen LogP contribution in [0.5, 0.6) is 0 Å². The lowest BCUT2D eigenvalue weighted by molar-refractivity contribution is -0.330. The Morgan fingerprint density at radius 3 is 1.87 bits per heavy atom. The van der Waals surface area contributed by atoms with Gasteiger partial charge in [-0.25, -0.2) is 9.59 Å². The van der Waals surface area contributed by atoms with Crippen molar-refractivity contribution in [1.29, 1.82) is 0 Å². The number of hydrogen-bond donors (Lipinski definition) is 0. The number of carbonyl (C=O) groups is 2. The third kappa shape index (κ3) is 6.00. The summed E-state index contributed by atoms with van der Waals surface area (Å²) < 4.78 is 83.8. The molecular weight excluding hydrogens is 431 g/mol. The van der Waals surface area contributed by atoms with Crippen molar-refractivity contribution >= 4 is 20.3 Å². The van der Waals surface area contributed by atoms with Crippen molar-refractivity contribution in [3.05, 3.63) is 35.9 Å². The number of ether oxygens (including phenoxy) is 2. The summed E-state index contributed by atoms with van der Waals surface area (Å²) in [5, 5.41) is 0. The van der Waals surface area contributed by atoms with Crippen molar-refractivity contribution in [3.63, 3.8) is 0 Å².